The van der Waals surface area contributed by atoms with Crippen molar-refractivity contribution >= 4 is 23.7 Å². The highest BCUT2D eigenvalue weighted by atomic mass is 32.2. The lowest BCUT2D eigenvalue weighted by Gasteiger charge is -2.12. The van der Waals surface area contributed by atoms with E-state index in [2.05, 4.69) is 15.5 Å². The molecule has 1 aliphatic rings. The van der Waals surface area contributed by atoms with Gasteiger partial charge in [0, 0.05) is 32.4 Å². The number of hydrogen-bond acceptors (Lipinski definition) is 5. The minimum absolute atomic E-state index is 0.0121. The molecule has 0 atom stereocenters. The van der Waals surface area contributed by atoms with Crippen LogP contribution in [0.5, 0.6) is 0 Å². The number of nitrogens with one attached hydrogen (secondary N) is 1. The second-order valence-corrected chi connectivity index (χ2v) is 4.53. The third kappa shape index (κ3) is 2.21. The monoisotopic (exact) mass is 242 g/mol. The second-order valence-electron chi connectivity index (χ2n) is 3.47. The summed E-state index contributed by atoms with van der Waals surface area (Å²) in [4.78, 5) is 13.0. The molecule has 1 fully saturated rings. The molecular weight excluding hydrogens is 228 g/mol. The molecule has 3 N–H and O–H groups in total. The molecule has 0 saturated carbocycles. The Bertz CT molecular complexity index is 392. The van der Waals surface area contributed by atoms with Crippen molar-refractivity contribution in [3.8, 4) is 0 Å². The molecule has 2 amide bonds. The number of carbonyl (C=O) groups is 1. The highest BCUT2D eigenvalue weighted by Crippen LogP contribution is 2.16. The summed E-state index contributed by atoms with van der Waals surface area (Å²) in [5.41, 5.74) is 5.56. The van der Waals surface area contributed by atoms with E-state index < -0.39 is 0 Å². The van der Waals surface area contributed by atoms with E-state index in [0.717, 1.165) is 24.0 Å². The number of anilines is 1. The number of carbonyl (C=O) groups excluding carboxylic acids is 1. The number of nitrogen functional groups attached to an aromatic ring is 1. The third-order valence-electron chi connectivity index (χ3n) is 2.41. The summed E-state index contributed by atoms with van der Waals surface area (Å²) in [7, 11) is 1.82. The Labute approximate surface area is 97.4 Å². The Morgan fingerprint density at radius 1 is 1.56 bits per heavy atom. The lowest BCUT2D eigenvalue weighted by Crippen LogP contribution is -2.30. The fourth-order valence-corrected chi connectivity index (χ4v) is 2.30. The van der Waals surface area contributed by atoms with Gasteiger partial charge in [-0.2, -0.15) is 0 Å². The molecule has 2 rings (SSSR count). The van der Waals surface area contributed by atoms with E-state index in [0.29, 0.717) is 12.5 Å². The molecular formula is C8H14N6OS. The predicted molar refractivity (Wildman–Crippen MR) is 61.1 cm³/mol. The SMILES string of the molecule is Cn1c(N)nnc1SCCN1CCNC1=O. The van der Waals surface area contributed by atoms with Crippen LogP contribution in [-0.4, -0.2) is 51.1 Å². The largest absolute Gasteiger partial charge is 0.368 e. The molecule has 0 unspecified atom stereocenters. The van der Waals surface area contributed by atoms with E-state index in [9.17, 15) is 4.79 Å². The molecule has 1 saturated heterocycles. The van der Waals surface area contributed by atoms with Crippen LogP contribution >= 0.6 is 11.8 Å². The Kier molecular flexibility index (Phi) is 3.18. The smallest absolute Gasteiger partial charge is 0.317 e. The standard InChI is InChI=1S/C8H14N6OS/c1-13-6(9)11-12-8(13)16-5-4-14-3-2-10-7(14)15/h2-5H2,1H3,(H2,9,11)(H,10,15). The summed E-state index contributed by atoms with van der Waals surface area (Å²) in [6, 6.07) is 0.0121. The third-order valence-corrected chi connectivity index (χ3v) is 3.41. The van der Waals surface area contributed by atoms with Crippen molar-refractivity contribution in [1.29, 1.82) is 0 Å². The Morgan fingerprint density at radius 3 is 2.94 bits per heavy atom. The van der Waals surface area contributed by atoms with Gasteiger partial charge in [0.2, 0.25) is 5.95 Å². The van der Waals surface area contributed by atoms with Crippen LogP contribution in [-0.2, 0) is 7.05 Å². The average molecular weight is 242 g/mol. The van der Waals surface area contributed by atoms with Crippen LogP contribution < -0.4 is 11.1 Å². The highest BCUT2D eigenvalue weighted by molar-refractivity contribution is 7.99. The first-order chi connectivity index (χ1) is 7.68. The summed E-state index contributed by atoms with van der Waals surface area (Å²) in [5.74, 6) is 1.20. The van der Waals surface area contributed by atoms with Gasteiger partial charge in [0.05, 0.1) is 0 Å². The van der Waals surface area contributed by atoms with Crippen LogP contribution in [0.2, 0.25) is 0 Å². The Hall–Kier alpha value is -1.44. The normalized spacial score (nSPS) is 15.6. The second kappa shape index (κ2) is 4.60. The lowest BCUT2D eigenvalue weighted by molar-refractivity contribution is 0.220. The van der Waals surface area contributed by atoms with Crippen molar-refractivity contribution < 1.29 is 4.79 Å². The number of nitrogens with zero attached hydrogens (tertiary/aromatic N) is 4. The van der Waals surface area contributed by atoms with Crippen LogP contribution in [0.3, 0.4) is 0 Å². The maximum Gasteiger partial charge on any atom is 0.317 e. The topological polar surface area (TPSA) is 89.1 Å². The Morgan fingerprint density at radius 2 is 2.38 bits per heavy atom. The lowest BCUT2D eigenvalue weighted by atomic mass is 10.6. The number of amides is 2. The van der Waals surface area contributed by atoms with E-state index >= 15 is 0 Å². The quantitative estimate of drug-likeness (QED) is 0.696. The molecule has 16 heavy (non-hydrogen) atoms. The minimum atomic E-state index is 0.0121. The number of thioether (sulfide) groups is 1. The fourth-order valence-electron chi connectivity index (χ4n) is 1.42. The molecule has 8 heteroatoms. The molecule has 1 aromatic heterocycles. The minimum Gasteiger partial charge on any atom is -0.368 e. The zero-order valence-corrected chi connectivity index (χ0v) is 9.83. The van der Waals surface area contributed by atoms with Gasteiger partial charge in [0.25, 0.3) is 0 Å². The van der Waals surface area contributed by atoms with E-state index in [-0.39, 0.29) is 6.03 Å². The van der Waals surface area contributed by atoms with Gasteiger partial charge >= 0.3 is 6.03 Å². The van der Waals surface area contributed by atoms with E-state index in [1.165, 1.54) is 0 Å². The van der Waals surface area contributed by atoms with Crippen molar-refractivity contribution in [1.82, 2.24) is 25.0 Å². The predicted octanol–water partition coefficient (Wildman–Crippen LogP) is -0.485. The van der Waals surface area contributed by atoms with Crippen molar-refractivity contribution in [2.45, 2.75) is 5.16 Å². The van der Waals surface area contributed by atoms with Crippen molar-refractivity contribution in [2.24, 2.45) is 7.05 Å². The van der Waals surface area contributed by atoms with Gasteiger partial charge in [-0.15, -0.1) is 10.2 Å². The van der Waals surface area contributed by atoms with Gasteiger partial charge < -0.3 is 16.0 Å². The molecule has 0 spiro atoms. The van der Waals surface area contributed by atoms with E-state index in [1.54, 1.807) is 21.2 Å². The van der Waals surface area contributed by atoms with Crippen LogP contribution in [0.1, 0.15) is 0 Å². The van der Waals surface area contributed by atoms with Crippen molar-refractivity contribution in [3.05, 3.63) is 0 Å². The van der Waals surface area contributed by atoms with Crippen LogP contribution in [0.15, 0.2) is 5.16 Å². The molecule has 0 radical (unpaired) electrons. The highest BCUT2D eigenvalue weighted by Gasteiger charge is 2.18. The summed E-state index contributed by atoms with van der Waals surface area (Å²) in [6.07, 6.45) is 0. The zero-order valence-electron chi connectivity index (χ0n) is 9.01. The average Bonchev–Trinajstić information content (AvgIpc) is 2.80. The van der Waals surface area contributed by atoms with Gasteiger partial charge in [-0.05, 0) is 0 Å². The molecule has 1 aliphatic heterocycles. The van der Waals surface area contributed by atoms with Crippen LogP contribution in [0.4, 0.5) is 10.7 Å². The number of hydrogen-bond donors (Lipinski definition) is 2. The molecule has 0 bridgehead atoms. The number of nitrogens with two attached hydrogens (primary N) is 1. The van der Waals surface area contributed by atoms with E-state index in [4.69, 9.17) is 5.73 Å². The summed E-state index contributed by atoms with van der Waals surface area (Å²) in [6.45, 7) is 2.23. The van der Waals surface area contributed by atoms with Gasteiger partial charge in [-0.25, -0.2) is 4.79 Å². The van der Waals surface area contributed by atoms with Crippen LogP contribution in [0.25, 0.3) is 0 Å². The number of rotatable bonds is 4. The summed E-state index contributed by atoms with van der Waals surface area (Å²) in [5, 5.41) is 11.2. The number of aromatic nitrogens is 3. The van der Waals surface area contributed by atoms with E-state index in [1.807, 2.05) is 7.05 Å². The molecule has 88 valence electrons. The van der Waals surface area contributed by atoms with Crippen molar-refractivity contribution in [3.63, 3.8) is 0 Å². The summed E-state index contributed by atoms with van der Waals surface area (Å²) >= 11 is 1.54. The van der Waals surface area contributed by atoms with Gasteiger partial charge in [-0.1, -0.05) is 11.8 Å². The maximum atomic E-state index is 11.2. The van der Waals surface area contributed by atoms with Crippen molar-refractivity contribution in [2.75, 3.05) is 31.1 Å². The molecule has 2 heterocycles. The van der Waals surface area contributed by atoms with Gasteiger partial charge in [0.1, 0.15) is 0 Å². The molecule has 7 nitrogen and oxygen atoms in total. The first-order valence-electron chi connectivity index (χ1n) is 4.99. The Balaban J connectivity index is 1.80. The van der Waals surface area contributed by atoms with Crippen LogP contribution in [0, 0.1) is 0 Å². The fraction of sp³-hybridized carbons (Fsp3) is 0.625. The first-order valence-corrected chi connectivity index (χ1v) is 5.97. The molecule has 1 aromatic rings. The van der Waals surface area contributed by atoms with Gasteiger partial charge in [0.15, 0.2) is 5.16 Å². The summed E-state index contributed by atoms with van der Waals surface area (Å²) < 4.78 is 1.73. The first kappa shape index (κ1) is 11.1. The number of urea groups is 1. The maximum absolute atomic E-state index is 11.2. The molecule has 0 aromatic carbocycles. The molecule has 0 aliphatic carbocycles. The van der Waals surface area contributed by atoms with Gasteiger partial charge in [-0.3, -0.25) is 4.57 Å². The zero-order chi connectivity index (χ0) is 11.5.